The molecule has 0 bridgehead atoms. The van der Waals surface area contributed by atoms with Crippen molar-refractivity contribution in [3.8, 4) is 11.5 Å². The van der Waals surface area contributed by atoms with Gasteiger partial charge in [0.2, 0.25) is 5.82 Å². The van der Waals surface area contributed by atoms with Gasteiger partial charge >= 0.3 is 0 Å². The van der Waals surface area contributed by atoms with Crippen LogP contribution in [0.3, 0.4) is 0 Å². The topological polar surface area (TPSA) is 35.5 Å². The molecular weight excluding hydrogens is 307 g/mol. The van der Waals surface area contributed by atoms with E-state index in [9.17, 15) is 9.18 Å². The van der Waals surface area contributed by atoms with E-state index in [0.717, 1.165) is 50.5 Å². The fourth-order valence-corrected chi connectivity index (χ4v) is 4.89. The molecule has 0 spiro atoms. The Kier molecular flexibility index (Phi) is 4.23. The second-order valence-electron chi connectivity index (χ2n) is 7.44. The molecule has 0 aromatic heterocycles. The van der Waals surface area contributed by atoms with Crippen molar-refractivity contribution in [3.63, 3.8) is 0 Å². The fraction of sp³-hybridized carbons (Fsp3) is 0.650. The third kappa shape index (κ3) is 2.70. The van der Waals surface area contributed by atoms with Gasteiger partial charge in [0.1, 0.15) is 11.9 Å². The van der Waals surface area contributed by atoms with Crippen molar-refractivity contribution in [2.45, 2.75) is 63.9 Å². The van der Waals surface area contributed by atoms with Crippen molar-refractivity contribution in [1.29, 1.82) is 0 Å². The van der Waals surface area contributed by atoms with Crippen molar-refractivity contribution in [2.24, 2.45) is 11.8 Å². The van der Waals surface area contributed by atoms with Gasteiger partial charge in [0.15, 0.2) is 11.5 Å². The Morgan fingerprint density at radius 1 is 1.17 bits per heavy atom. The molecule has 2 saturated carbocycles. The zero-order chi connectivity index (χ0) is 16.7. The van der Waals surface area contributed by atoms with Crippen LogP contribution in [0.25, 0.3) is 0 Å². The number of fused-ring (bicyclic) bond motifs is 3. The molecule has 4 heteroatoms. The van der Waals surface area contributed by atoms with Gasteiger partial charge in [-0.25, -0.2) is 0 Å². The number of carbonyl (C=O) groups is 1. The molecular formula is C20H25FO3. The summed E-state index contributed by atoms with van der Waals surface area (Å²) in [7, 11) is 0. The average Bonchev–Trinajstić information content (AvgIpc) is 2.97. The number of hydrogen-bond acceptors (Lipinski definition) is 3. The van der Waals surface area contributed by atoms with Crippen molar-refractivity contribution >= 4 is 5.78 Å². The first-order valence-electron chi connectivity index (χ1n) is 9.31. The molecule has 4 rings (SSSR count). The number of halogens is 1. The highest BCUT2D eigenvalue weighted by Gasteiger charge is 2.43. The van der Waals surface area contributed by atoms with E-state index in [4.69, 9.17) is 9.47 Å². The van der Waals surface area contributed by atoms with E-state index in [0.29, 0.717) is 35.9 Å². The normalized spacial score (nSPS) is 29.8. The van der Waals surface area contributed by atoms with E-state index in [-0.39, 0.29) is 17.7 Å². The maximum atomic E-state index is 14.6. The Bertz CT molecular complexity index is 632. The van der Waals surface area contributed by atoms with Crippen LogP contribution in [0.4, 0.5) is 4.39 Å². The van der Waals surface area contributed by atoms with Crippen LogP contribution in [-0.2, 0) is 4.79 Å². The van der Waals surface area contributed by atoms with Crippen LogP contribution in [0.2, 0.25) is 0 Å². The molecule has 1 heterocycles. The highest BCUT2D eigenvalue weighted by molar-refractivity contribution is 5.79. The molecule has 0 saturated heterocycles. The van der Waals surface area contributed by atoms with Gasteiger partial charge in [0.25, 0.3) is 0 Å². The minimum absolute atomic E-state index is 0.0859. The summed E-state index contributed by atoms with van der Waals surface area (Å²) >= 11 is 0. The maximum absolute atomic E-state index is 14.6. The summed E-state index contributed by atoms with van der Waals surface area (Å²) in [6.07, 6.45) is 6.82. The molecule has 1 aliphatic heterocycles. The van der Waals surface area contributed by atoms with Gasteiger partial charge in [-0.3, -0.25) is 4.79 Å². The monoisotopic (exact) mass is 332 g/mol. The summed E-state index contributed by atoms with van der Waals surface area (Å²) in [5, 5.41) is 0. The number of ketones is 1. The van der Waals surface area contributed by atoms with Crippen LogP contribution in [0.1, 0.15) is 63.4 Å². The predicted molar refractivity (Wildman–Crippen MR) is 89.0 cm³/mol. The van der Waals surface area contributed by atoms with Crippen LogP contribution in [-0.4, -0.2) is 18.5 Å². The number of hydrogen-bond donors (Lipinski definition) is 0. The molecule has 1 unspecified atom stereocenters. The van der Waals surface area contributed by atoms with Crippen molar-refractivity contribution in [2.75, 3.05) is 6.61 Å². The van der Waals surface area contributed by atoms with Gasteiger partial charge in [-0.2, -0.15) is 4.39 Å². The van der Waals surface area contributed by atoms with Gasteiger partial charge in [-0.1, -0.05) is 6.07 Å². The lowest BCUT2D eigenvalue weighted by Crippen LogP contribution is -2.33. The van der Waals surface area contributed by atoms with E-state index < -0.39 is 0 Å². The molecule has 1 aromatic rings. The van der Waals surface area contributed by atoms with Gasteiger partial charge in [-0.05, 0) is 56.9 Å². The quantitative estimate of drug-likeness (QED) is 0.809. The first-order valence-corrected chi connectivity index (χ1v) is 9.31. The maximum Gasteiger partial charge on any atom is 0.207 e. The lowest BCUT2D eigenvalue weighted by molar-refractivity contribution is -0.121. The molecule has 0 radical (unpaired) electrons. The Morgan fingerprint density at radius 3 is 2.71 bits per heavy atom. The van der Waals surface area contributed by atoms with Crippen LogP contribution in [0.5, 0.6) is 11.5 Å². The molecule has 3 aliphatic rings. The summed E-state index contributed by atoms with van der Waals surface area (Å²) in [5.41, 5.74) is 1.01. The second kappa shape index (κ2) is 6.38. The van der Waals surface area contributed by atoms with E-state index in [2.05, 4.69) is 0 Å². The summed E-state index contributed by atoms with van der Waals surface area (Å²) in [5.74, 6) is 2.33. The van der Waals surface area contributed by atoms with E-state index in [1.807, 2.05) is 13.0 Å². The molecule has 3 atom stereocenters. The molecule has 3 nitrogen and oxygen atoms in total. The van der Waals surface area contributed by atoms with Crippen LogP contribution >= 0.6 is 0 Å². The Balaban J connectivity index is 1.49. The van der Waals surface area contributed by atoms with E-state index >= 15 is 0 Å². The highest BCUT2D eigenvalue weighted by atomic mass is 19.1. The number of ether oxygens (including phenoxy) is 2. The van der Waals surface area contributed by atoms with Gasteiger partial charge < -0.3 is 9.47 Å². The average molecular weight is 332 g/mol. The summed E-state index contributed by atoms with van der Waals surface area (Å²) in [6.45, 7) is 2.30. The van der Waals surface area contributed by atoms with Gasteiger partial charge in [0, 0.05) is 24.3 Å². The molecule has 0 amide bonds. The zero-order valence-electron chi connectivity index (χ0n) is 14.2. The Labute approximate surface area is 142 Å². The smallest absolute Gasteiger partial charge is 0.207 e. The van der Waals surface area contributed by atoms with E-state index in [1.54, 1.807) is 6.07 Å². The molecule has 130 valence electrons. The van der Waals surface area contributed by atoms with Crippen LogP contribution < -0.4 is 9.47 Å². The minimum atomic E-state index is -0.344. The summed E-state index contributed by atoms with van der Waals surface area (Å²) < 4.78 is 26.0. The third-order valence-corrected chi connectivity index (χ3v) is 6.15. The largest absolute Gasteiger partial charge is 0.491 e. The van der Waals surface area contributed by atoms with Gasteiger partial charge in [-0.15, -0.1) is 0 Å². The number of rotatable bonds is 3. The summed E-state index contributed by atoms with van der Waals surface area (Å²) in [4.78, 5) is 11.5. The van der Waals surface area contributed by atoms with Crippen LogP contribution in [0.15, 0.2) is 12.1 Å². The fourth-order valence-electron chi connectivity index (χ4n) is 4.89. The Morgan fingerprint density at radius 2 is 1.96 bits per heavy atom. The molecule has 2 fully saturated rings. The first-order chi connectivity index (χ1) is 11.7. The van der Waals surface area contributed by atoms with Crippen molar-refractivity contribution in [3.05, 3.63) is 23.5 Å². The summed E-state index contributed by atoms with van der Waals surface area (Å²) in [6, 6.07) is 3.72. The van der Waals surface area contributed by atoms with Crippen molar-refractivity contribution < 1.29 is 18.7 Å². The second-order valence-corrected chi connectivity index (χ2v) is 7.44. The Hall–Kier alpha value is -1.58. The molecule has 0 N–H and O–H groups in total. The number of Topliss-reactive ketones (excluding diaryl/α,β-unsaturated/α-hetero) is 1. The van der Waals surface area contributed by atoms with Crippen LogP contribution in [0, 0.1) is 17.7 Å². The lowest BCUT2D eigenvalue weighted by Gasteiger charge is -2.37. The first kappa shape index (κ1) is 15.9. The standard InChI is InChI=1S/C20H25FO3/c1-2-23-17-10-9-16-15-8-5-13(12-3-6-14(22)7-4-12)11-18(15)24-20(16)19(17)21/h9-10,12-13,15,18H,2-8,11H2,1H3/t13-,15?,18-/m1/s1. The van der Waals surface area contributed by atoms with Crippen molar-refractivity contribution in [1.82, 2.24) is 0 Å². The predicted octanol–water partition coefficient (Wildman–Crippen LogP) is 4.63. The number of carbonyl (C=O) groups excluding carboxylic acids is 1. The SMILES string of the molecule is CCOc1ccc2c(c1F)O[C@@H]1C[C@H](C3CCC(=O)CC3)CCC21. The van der Waals surface area contributed by atoms with E-state index in [1.165, 1.54) is 0 Å². The highest BCUT2D eigenvalue weighted by Crippen LogP contribution is 2.51. The zero-order valence-corrected chi connectivity index (χ0v) is 14.2. The molecule has 2 aliphatic carbocycles. The number of benzene rings is 1. The van der Waals surface area contributed by atoms with Gasteiger partial charge in [0.05, 0.1) is 6.61 Å². The third-order valence-electron chi connectivity index (χ3n) is 6.15. The minimum Gasteiger partial charge on any atom is -0.491 e. The molecule has 1 aromatic carbocycles. The lowest BCUT2D eigenvalue weighted by atomic mass is 9.69. The molecule has 24 heavy (non-hydrogen) atoms.